The summed E-state index contributed by atoms with van der Waals surface area (Å²) in [4.78, 5) is 19.0. The van der Waals surface area contributed by atoms with Crippen LogP contribution in [0, 0.1) is 6.92 Å². The Labute approximate surface area is 160 Å². The number of nitrogens with one attached hydrogen (secondary N) is 1. The second-order valence-electron chi connectivity index (χ2n) is 6.55. The molecule has 0 unspecified atom stereocenters. The molecule has 2 amide bonds. The maximum absolute atomic E-state index is 12.8. The molecular formula is C22H23N3O2. The van der Waals surface area contributed by atoms with E-state index in [9.17, 15) is 4.79 Å². The van der Waals surface area contributed by atoms with Crippen molar-refractivity contribution in [2.75, 3.05) is 18.5 Å². The fourth-order valence-corrected chi connectivity index (χ4v) is 3.20. The highest BCUT2D eigenvalue weighted by Gasteiger charge is 2.20. The van der Waals surface area contributed by atoms with Crippen molar-refractivity contribution in [3.63, 3.8) is 0 Å². The van der Waals surface area contributed by atoms with Gasteiger partial charge in [-0.3, -0.25) is 4.98 Å². The molecule has 1 aliphatic rings. The lowest BCUT2D eigenvalue weighted by Crippen LogP contribution is -2.36. The molecule has 0 bridgehead atoms. The number of hydrogen-bond acceptors (Lipinski definition) is 3. The summed E-state index contributed by atoms with van der Waals surface area (Å²) in [5.41, 5.74) is 4.79. The van der Waals surface area contributed by atoms with Crippen LogP contribution in [0.1, 0.15) is 12.6 Å². The van der Waals surface area contributed by atoms with E-state index in [-0.39, 0.29) is 7.46 Å². The number of carbonyl (C=O) groups is 1. The Morgan fingerprint density at radius 1 is 1.15 bits per heavy atom. The Morgan fingerprint density at radius 2 is 2.00 bits per heavy atom. The number of carbonyl (C=O) groups excluding carboxylic acids is 1. The number of aryl methyl sites for hydroxylation is 1. The molecule has 1 aliphatic heterocycles. The van der Waals surface area contributed by atoms with Crippen LogP contribution in [0.4, 0.5) is 10.5 Å². The fraction of sp³-hybridized carbons (Fsp3) is 0.182. The molecular weight excluding hydrogens is 338 g/mol. The number of ether oxygens (including phenoxy) is 1. The van der Waals surface area contributed by atoms with Crippen molar-refractivity contribution in [1.29, 1.82) is 0 Å². The molecule has 0 saturated carbocycles. The van der Waals surface area contributed by atoms with Gasteiger partial charge in [0.2, 0.25) is 0 Å². The third-order valence-electron chi connectivity index (χ3n) is 4.67. The third-order valence-corrected chi connectivity index (χ3v) is 4.67. The monoisotopic (exact) mass is 361 g/mol. The van der Waals surface area contributed by atoms with Crippen LogP contribution in [0.15, 0.2) is 66.9 Å². The molecule has 1 aromatic heterocycles. The first kappa shape index (κ1) is 17.1. The molecule has 2 heterocycles. The van der Waals surface area contributed by atoms with Crippen molar-refractivity contribution in [2.45, 2.75) is 13.5 Å². The van der Waals surface area contributed by atoms with Gasteiger partial charge in [-0.25, -0.2) is 4.79 Å². The van der Waals surface area contributed by atoms with Crippen molar-refractivity contribution < 1.29 is 11.0 Å². The van der Waals surface area contributed by atoms with E-state index in [0.717, 1.165) is 33.8 Å². The number of nitrogens with zero attached hydrogens (tertiary/aromatic N) is 2. The molecule has 5 heteroatoms. The van der Waals surface area contributed by atoms with E-state index < -0.39 is 0 Å². The number of benzene rings is 2. The van der Waals surface area contributed by atoms with E-state index in [2.05, 4.69) is 10.3 Å². The maximum atomic E-state index is 12.8. The molecule has 0 radical (unpaired) electrons. The number of pyridine rings is 1. The number of urea groups is 1. The van der Waals surface area contributed by atoms with Crippen molar-refractivity contribution >= 4 is 11.7 Å². The average Bonchev–Trinajstić information content (AvgIpc) is 2.93. The molecule has 0 saturated heterocycles. The average molecular weight is 361 g/mol. The predicted molar refractivity (Wildman–Crippen MR) is 108 cm³/mol. The summed E-state index contributed by atoms with van der Waals surface area (Å²) in [5, 5.41) is 3.01. The Balaban J connectivity index is 0.00000225. The fourth-order valence-electron chi connectivity index (χ4n) is 3.20. The normalized spacial score (nSPS) is 13.3. The summed E-state index contributed by atoms with van der Waals surface area (Å²) in [6.07, 6.45) is 1.77. The lowest BCUT2D eigenvalue weighted by molar-refractivity contribution is 0.200. The zero-order valence-electron chi connectivity index (χ0n) is 15.2. The molecule has 4 rings (SSSR count). The molecule has 0 aliphatic carbocycles. The standard InChI is InChI=1S/C22H21N3O2.H2/c1-16-9-10-18(14-19(16)20-7-4-5-11-23-20)24-22(26)25-12-13-27-21-8-3-2-6-17(21)15-25;/h2-11,14H,12-13,15H2,1H3,(H,24,26);1H. The minimum absolute atomic E-state index is 0. The van der Waals surface area contributed by atoms with Gasteiger partial charge in [-0.15, -0.1) is 0 Å². The quantitative estimate of drug-likeness (QED) is 0.718. The van der Waals surface area contributed by atoms with E-state index in [4.69, 9.17) is 4.74 Å². The van der Waals surface area contributed by atoms with Crippen LogP contribution in [-0.4, -0.2) is 29.1 Å². The van der Waals surface area contributed by atoms with Crippen LogP contribution in [0.5, 0.6) is 5.75 Å². The Kier molecular flexibility index (Phi) is 4.75. The van der Waals surface area contributed by atoms with Crippen LogP contribution < -0.4 is 10.1 Å². The minimum Gasteiger partial charge on any atom is -0.491 e. The summed E-state index contributed by atoms with van der Waals surface area (Å²) in [6, 6.07) is 19.4. The third kappa shape index (κ3) is 3.77. The van der Waals surface area contributed by atoms with Gasteiger partial charge in [0.05, 0.1) is 18.8 Å². The van der Waals surface area contributed by atoms with Crippen LogP contribution in [-0.2, 0) is 6.54 Å². The lowest BCUT2D eigenvalue weighted by Gasteiger charge is -2.21. The van der Waals surface area contributed by atoms with Gasteiger partial charge < -0.3 is 15.0 Å². The van der Waals surface area contributed by atoms with Crippen LogP contribution >= 0.6 is 0 Å². The second-order valence-corrected chi connectivity index (χ2v) is 6.55. The number of para-hydroxylation sites is 1. The highest BCUT2D eigenvalue weighted by atomic mass is 16.5. The van der Waals surface area contributed by atoms with Gasteiger partial charge in [0.1, 0.15) is 12.4 Å². The molecule has 0 spiro atoms. The van der Waals surface area contributed by atoms with Gasteiger partial charge in [0, 0.05) is 24.4 Å². The van der Waals surface area contributed by atoms with Crippen LogP contribution in [0.25, 0.3) is 11.3 Å². The minimum atomic E-state index is -0.133. The van der Waals surface area contributed by atoms with Crippen LogP contribution in [0.2, 0.25) is 0 Å². The first-order valence-corrected chi connectivity index (χ1v) is 8.99. The van der Waals surface area contributed by atoms with Gasteiger partial charge in [-0.1, -0.05) is 30.3 Å². The number of rotatable bonds is 2. The zero-order chi connectivity index (χ0) is 18.6. The molecule has 0 fully saturated rings. The maximum Gasteiger partial charge on any atom is 0.322 e. The van der Waals surface area contributed by atoms with Crippen molar-refractivity contribution in [3.05, 3.63) is 78.0 Å². The van der Waals surface area contributed by atoms with E-state index in [0.29, 0.717) is 19.7 Å². The van der Waals surface area contributed by atoms with Gasteiger partial charge in [0.15, 0.2) is 0 Å². The highest BCUT2D eigenvalue weighted by molar-refractivity contribution is 5.90. The van der Waals surface area contributed by atoms with E-state index >= 15 is 0 Å². The first-order valence-electron chi connectivity index (χ1n) is 8.99. The SMILES string of the molecule is Cc1ccc(NC(=O)N2CCOc3ccccc3C2)cc1-c1ccccn1.[HH]. The Hall–Kier alpha value is -3.34. The van der Waals surface area contributed by atoms with Gasteiger partial charge in [0.25, 0.3) is 0 Å². The van der Waals surface area contributed by atoms with E-state index in [1.54, 1.807) is 11.1 Å². The summed E-state index contributed by atoms with van der Waals surface area (Å²) in [5.74, 6) is 0.848. The number of hydrogen-bond donors (Lipinski definition) is 1. The molecule has 2 aromatic carbocycles. The summed E-state index contributed by atoms with van der Waals surface area (Å²) in [6.45, 7) is 3.59. The summed E-state index contributed by atoms with van der Waals surface area (Å²) >= 11 is 0. The van der Waals surface area contributed by atoms with Gasteiger partial charge in [-0.2, -0.15) is 0 Å². The summed E-state index contributed by atoms with van der Waals surface area (Å²) < 4.78 is 5.74. The summed E-state index contributed by atoms with van der Waals surface area (Å²) in [7, 11) is 0. The van der Waals surface area contributed by atoms with E-state index in [1.807, 2.05) is 67.6 Å². The van der Waals surface area contributed by atoms with Crippen LogP contribution in [0.3, 0.4) is 0 Å². The lowest BCUT2D eigenvalue weighted by atomic mass is 10.0. The molecule has 27 heavy (non-hydrogen) atoms. The molecule has 1 N–H and O–H groups in total. The van der Waals surface area contributed by atoms with Gasteiger partial charge in [-0.05, 0) is 42.8 Å². The molecule has 5 nitrogen and oxygen atoms in total. The smallest absolute Gasteiger partial charge is 0.322 e. The second kappa shape index (κ2) is 7.50. The topological polar surface area (TPSA) is 54.5 Å². The Bertz CT molecular complexity index is 963. The number of anilines is 1. The number of amides is 2. The first-order chi connectivity index (χ1) is 13.2. The van der Waals surface area contributed by atoms with Crippen molar-refractivity contribution in [2.24, 2.45) is 0 Å². The molecule has 3 aromatic rings. The molecule has 0 atom stereocenters. The predicted octanol–water partition coefficient (Wildman–Crippen LogP) is 4.73. The number of fused-ring (bicyclic) bond motifs is 1. The Morgan fingerprint density at radius 3 is 2.85 bits per heavy atom. The highest BCUT2D eigenvalue weighted by Crippen LogP contribution is 2.26. The largest absolute Gasteiger partial charge is 0.491 e. The molecule has 138 valence electrons. The van der Waals surface area contributed by atoms with E-state index in [1.165, 1.54) is 0 Å². The zero-order valence-corrected chi connectivity index (χ0v) is 15.2. The number of aromatic nitrogens is 1. The van der Waals surface area contributed by atoms with Gasteiger partial charge >= 0.3 is 6.03 Å². The van der Waals surface area contributed by atoms with Crippen molar-refractivity contribution in [3.8, 4) is 17.0 Å². The van der Waals surface area contributed by atoms with Crippen molar-refractivity contribution in [1.82, 2.24) is 9.88 Å².